The van der Waals surface area contributed by atoms with Crippen LogP contribution in [-0.4, -0.2) is 62.3 Å². The van der Waals surface area contributed by atoms with Gasteiger partial charge < -0.3 is 25.0 Å². The molecular weight excluding hydrogens is 480 g/mol. The normalized spacial score (nSPS) is 18.6. The highest BCUT2D eigenvalue weighted by Crippen LogP contribution is 2.30. The summed E-state index contributed by atoms with van der Waals surface area (Å²) < 4.78 is 11.1. The molecule has 0 saturated carbocycles. The lowest BCUT2D eigenvalue weighted by Crippen LogP contribution is -2.51. The summed E-state index contributed by atoms with van der Waals surface area (Å²) >= 11 is 6.16. The zero-order chi connectivity index (χ0) is 25.7. The molecule has 1 atom stereocenters. The average Bonchev–Trinajstić information content (AvgIpc) is 2.84. The van der Waals surface area contributed by atoms with Crippen molar-refractivity contribution in [2.45, 2.75) is 32.9 Å². The van der Waals surface area contributed by atoms with E-state index in [1.165, 1.54) is 0 Å². The van der Waals surface area contributed by atoms with E-state index < -0.39 is 12.0 Å². The molecule has 4 rings (SSSR count). The van der Waals surface area contributed by atoms with Crippen LogP contribution in [0.25, 0.3) is 0 Å². The van der Waals surface area contributed by atoms with Gasteiger partial charge in [0.05, 0.1) is 24.3 Å². The maximum atomic E-state index is 13.1. The number of amides is 2. The molecule has 8 nitrogen and oxygen atoms in total. The van der Waals surface area contributed by atoms with Crippen molar-refractivity contribution >= 4 is 29.3 Å². The number of hydrogen-bond acceptors (Lipinski definition) is 6. The summed E-state index contributed by atoms with van der Waals surface area (Å²) in [6, 6.07) is 14.3. The molecule has 0 unspecified atom stereocenters. The molecule has 0 radical (unpaired) electrons. The smallest absolute Gasteiger partial charge is 0.338 e. The molecule has 192 valence electrons. The molecule has 36 heavy (non-hydrogen) atoms. The van der Waals surface area contributed by atoms with Crippen LogP contribution in [0, 0.1) is 0 Å². The van der Waals surface area contributed by atoms with Crippen LogP contribution in [0.5, 0.6) is 5.75 Å². The van der Waals surface area contributed by atoms with Crippen LogP contribution in [0.3, 0.4) is 0 Å². The average molecular weight is 513 g/mol. The highest BCUT2D eigenvalue weighted by molar-refractivity contribution is 6.30. The second-order valence-electron chi connectivity index (χ2n) is 9.12. The highest BCUT2D eigenvalue weighted by atomic mass is 35.5. The van der Waals surface area contributed by atoms with Gasteiger partial charge in [-0.3, -0.25) is 4.90 Å². The first-order valence-corrected chi connectivity index (χ1v) is 12.7. The molecule has 1 saturated heterocycles. The molecule has 2 heterocycles. The van der Waals surface area contributed by atoms with Gasteiger partial charge in [-0.1, -0.05) is 29.8 Å². The number of urea groups is 1. The number of benzene rings is 2. The fraction of sp³-hybridized carbons (Fsp3) is 0.407. The lowest BCUT2D eigenvalue weighted by atomic mass is 9.94. The van der Waals surface area contributed by atoms with Gasteiger partial charge in [0.15, 0.2) is 0 Å². The zero-order valence-corrected chi connectivity index (χ0v) is 21.7. The van der Waals surface area contributed by atoms with E-state index in [1.54, 1.807) is 6.92 Å². The lowest BCUT2D eigenvalue weighted by molar-refractivity contribution is -0.139. The largest absolute Gasteiger partial charge is 0.491 e. The minimum absolute atomic E-state index is 0.0513. The van der Waals surface area contributed by atoms with Crippen LogP contribution in [0.4, 0.5) is 10.5 Å². The van der Waals surface area contributed by atoms with Gasteiger partial charge in [-0.2, -0.15) is 0 Å². The number of nitrogens with one attached hydrogen (secondary N) is 2. The Kier molecular flexibility index (Phi) is 8.38. The van der Waals surface area contributed by atoms with Gasteiger partial charge in [-0.15, -0.1) is 0 Å². The Morgan fingerprint density at radius 1 is 1.11 bits per heavy atom. The number of esters is 1. The van der Waals surface area contributed by atoms with E-state index in [-0.39, 0.29) is 18.7 Å². The summed E-state index contributed by atoms with van der Waals surface area (Å²) in [5.41, 5.74) is 2.87. The van der Waals surface area contributed by atoms with Gasteiger partial charge in [0.25, 0.3) is 0 Å². The molecule has 2 N–H and O–H groups in total. The van der Waals surface area contributed by atoms with E-state index >= 15 is 0 Å². The number of carbonyl (C=O) groups excluding carboxylic acids is 2. The van der Waals surface area contributed by atoms with E-state index in [2.05, 4.69) is 26.5 Å². The molecular formula is C27H33ClN4O4. The number of anilines is 1. The predicted octanol–water partition coefficient (Wildman–Crippen LogP) is 4.12. The van der Waals surface area contributed by atoms with E-state index in [0.717, 1.165) is 43.2 Å². The number of carbonyl (C=O) groups is 2. The van der Waals surface area contributed by atoms with E-state index in [0.29, 0.717) is 22.8 Å². The van der Waals surface area contributed by atoms with Crippen LogP contribution in [0.2, 0.25) is 5.02 Å². The van der Waals surface area contributed by atoms with Crippen molar-refractivity contribution in [3.8, 4) is 5.75 Å². The van der Waals surface area contributed by atoms with Crippen LogP contribution < -0.4 is 20.3 Å². The van der Waals surface area contributed by atoms with E-state index in [4.69, 9.17) is 21.1 Å². The Morgan fingerprint density at radius 2 is 1.83 bits per heavy atom. The van der Waals surface area contributed by atoms with E-state index in [9.17, 15) is 9.59 Å². The van der Waals surface area contributed by atoms with Crippen LogP contribution >= 0.6 is 11.6 Å². The van der Waals surface area contributed by atoms with E-state index in [1.807, 2.05) is 56.3 Å². The van der Waals surface area contributed by atoms with Crippen molar-refractivity contribution in [3.63, 3.8) is 0 Å². The van der Waals surface area contributed by atoms with Crippen molar-refractivity contribution in [1.82, 2.24) is 15.5 Å². The first-order chi connectivity index (χ1) is 17.3. The van der Waals surface area contributed by atoms with Crippen LogP contribution in [-0.2, 0) is 9.53 Å². The first-order valence-electron chi connectivity index (χ1n) is 12.3. The summed E-state index contributed by atoms with van der Waals surface area (Å²) in [6.07, 6.45) is 0.0513. The molecule has 0 spiro atoms. The molecule has 2 aromatic carbocycles. The minimum atomic E-state index is -0.617. The van der Waals surface area contributed by atoms with Crippen molar-refractivity contribution in [3.05, 3.63) is 70.4 Å². The molecule has 2 aliphatic rings. The second kappa shape index (κ2) is 11.7. The summed E-state index contributed by atoms with van der Waals surface area (Å²) in [4.78, 5) is 30.2. The van der Waals surface area contributed by atoms with Gasteiger partial charge in [-0.05, 0) is 56.7 Å². The van der Waals surface area contributed by atoms with Gasteiger partial charge in [-0.25, -0.2) is 9.59 Å². The number of halogens is 1. The third kappa shape index (κ3) is 6.30. The third-order valence-corrected chi connectivity index (χ3v) is 6.40. The molecule has 0 aromatic heterocycles. The molecule has 1 fully saturated rings. The number of hydrogen-bond donors (Lipinski definition) is 2. The van der Waals surface area contributed by atoms with Gasteiger partial charge in [0, 0.05) is 49.1 Å². The zero-order valence-electron chi connectivity index (χ0n) is 20.9. The van der Waals surface area contributed by atoms with Gasteiger partial charge in [0.1, 0.15) is 5.75 Å². The maximum absolute atomic E-state index is 13.1. The summed E-state index contributed by atoms with van der Waals surface area (Å²) in [5, 5.41) is 6.48. The fourth-order valence-corrected chi connectivity index (χ4v) is 4.70. The molecule has 2 aliphatic heterocycles. The molecule has 2 aromatic rings. The second-order valence-corrected chi connectivity index (χ2v) is 9.56. The molecule has 0 aliphatic carbocycles. The Balaban J connectivity index is 1.54. The third-order valence-electron chi connectivity index (χ3n) is 6.16. The number of nitrogens with zero attached hydrogens (tertiary/aromatic N) is 2. The Labute approximate surface area is 217 Å². The molecule has 0 bridgehead atoms. The SMILES string of the molecule is CCOC(=O)C1=C(CN2CCN(c3cccc(Cl)c3)CC2)NC(=O)N[C@@H]1c1ccc(OC(C)C)cc1. The first kappa shape index (κ1) is 25.9. The summed E-state index contributed by atoms with van der Waals surface area (Å²) in [5.74, 6) is 0.290. The Bertz CT molecular complexity index is 1110. The summed E-state index contributed by atoms with van der Waals surface area (Å²) in [6.45, 7) is 9.57. The standard InChI is InChI=1S/C27H33ClN4O4/c1-4-35-26(33)24-23(17-31-12-14-32(15-13-31)21-7-5-6-20(28)16-21)29-27(34)30-25(24)19-8-10-22(11-9-19)36-18(2)3/h5-11,16,18,25H,4,12-15,17H2,1-3H3,(H2,29,30,34)/t25-/m1/s1. The minimum Gasteiger partial charge on any atom is -0.491 e. The van der Waals surface area contributed by atoms with Crippen molar-refractivity contribution in [2.75, 3.05) is 44.2 Å². The predicted molar refractivity (Wildman–Crippen MR) is 140 cm³/mol. The summed E-state index contributed by atoms with van der Waals surface area (Å²) in [7, 11) is 0. The molecule has 9 heteroatoms. The number of rotatable bonds is 8. The topological polar surface area (TPSA) is 83.1 Å². The van der Waals surface area contributed by atoms with Crippen molar-refractivity contribution in [2.24, 2.45) is 0 Å². The maximum Gasteiger partial charge on any atom is 0.338 e. The highest BCUT2D eigenvalue weighted by Gasteiger charge is 2.34. The molecule has 2 amide bonds. The fourth-order valence-electron chi connectivity index (χ4n) is 4.51. The monoisotopic (exact) mass is 512 g/mol. The van der Waals surface area contributed by atoms with Crippen molar-refractivity contribution in [1.29, 1.82) is 0 Å². The van der Waals surface area contributed by atoms with Gasteiger partial charge >= 0.3 is 12.0 Å². The number of ether oxygens (including phenoxy) is 2. The van der Waals surface area contributed by atoms with Gasteiger partial charge in [0.2, 0.25) is 0 Å². The Hall–Kier alpha value is -3.23. The van der Waals surface area contributed by atoms with Crippen LogP contribution in [0.1, 0.15) is 32.4 Å². The lowest BCUT2D eigenvalue weighted by Gasteiger charge is -2.38. The van der Waals surface area contributed by atoms with Crippen LogP contribution in [0.15, 0.2) is 59.8 Å². The number of piperazine rings is 1. The Morgan fingerprint density at radius 3 is 2.47 bits per heavy atom. The van der Waals surface area contributed by atoms with Crippen molar-refractivity contribution < 1.29 is 19.1 Å². The quantitative estimate of drug-likeness (QED) is 0.518.